The molecule has 0 unspecified atom stereocenters. The summed E-state index contributed by atoms with van der Waals surface area (Å²) < 4.78 is 13.8. The molecule has 1 saturated heterocycles. The van der Waals surface area contributed by atoms with Gasteiger partial charge >= 0.3 is 0 Å². The molecular formula is C14H15ClFNO2. The van der Waals surface area contributed by atoms with Crippen molar-refractivity contribution in [2.45, 2.75) is 26.2 Å². The monoisotopic (exact) mass is 283 g/mol. The molecule has 102 valence electrons. The number of piperidine rings is 1. The summed E-state index contributed by atoms with van der Waals surface area (Å²) in [6.45, 7) is 2.15. The predicted octanol–water partition coefficient (Wildman–Crippen LogP) is 3.20. The number of carbonyl (C=O) groups excluding carboxylic acids is 2. The van der Waals surface area contributed by atoms with Crippen molar-refractivity contribution < 1.29 is 14.0 Å². The van der Waals surface area contributed by atoms with E-state index in [1.54, 1.807) is 6.92 Å². The number of carbonyl (C=O) groups is 2. The van der Waals surface area contributed by atoms with Gasteiger partial charge in [0.05, 0.1) is 11.6 Å². The van der Waals surface area contributed by atoms with Gasteiger partial charge in [-0.3, -0.25) is 9.59 Å². The molecule has 2 rings (SSSR count). The van der Waals surface area contributed by atoms with Crippen LogP contribution in [0.3, 0.4) is 0 Å². The number of amides is 1. The average molecular weight is 284 g/mol. The maximum atomic E-state index is 13.8. The largest absolute Gasteiger partial charge is 0.309 e. The van der Waals surface area contributed by atoms with Crippen LogP contribution in [0.4, 0.5) is 10.1 Å². The van der Waals surface area contributed by atoms with Gasteiger partial charge in [-0.05, 0) is 31.0 Å². The lowest BCUT2D eigenvalue weighted by molar-refractivity contribution is -0.133. The number of anilines is 1. The maximum absolute atomic E-state index is 13.8. The second-order valence-electron chi connectivity index (χ2n) is 4.60. The van der Waals surface area contributed by atoms with E-state index in [0.29, 0.717) is 30.8 Å². The van der Waals surface area contributed by atoms with E-state index in [2.05, 4.69) is 0 Å². The van der Waals surface area contributed by atoms with Crippen molar-refractivity contribution in [1.29, 1.82) is 0 Å². The Bertz CT molecular complexity index is 518. The molecule has 0 aliphatic carbocycles. The van der Waals surface area contributed by atoms with Crippen LogP contribution in [-0.2, 0) is 9.59 Å². The molecule has 1 fully saturated rings. The molecule has 1 aromatic rings. The van der Waals surface area contributed by atoms with E-state index in [-0.39, 0.29) is 17.4 Å². The highest BCUT2D eigenvalue weighted by Crippen LogP contribution is 2.29. The highest BCUT2D eigenvalue weighted by molar-refractivity contribution is 6.31. The van der Waals surface area contributed by atoms with Crippen molar-refractivity contribution >= 4 is 29.0 Å². The highest BCUT2D eigenvalue weighted by atomic mass is 35.5. The normalized spacial score (nSPS) is 19.6. The van der Waals surface area contributed by atoms with Gasteiger partial charge in [0, 0.05) is 18.0 Å². The molecule has 19 heavy (non-hydrogen) atoms. The number of halogens is 2. The summed E-state index contributed by atoms with van der Waals surface area (Å²) in [7, 11) is 0. The zero-order valence-corrected chi connectivity index (χ0v) is 11.4. The molecule has 1 aliphatic rings. The molecule has 1 amide bonds. The standard InChI is InChI=1S/C14H15ClFNO2/c1-2-13(18)10-4-3-7-17(14(10)19)12-8-9(15)5-6-11(12)16/h5-6,8,10H,2-4,7H2,1H3/t10-/m0/s1. The molecule has 0 saturated carbocycles. The Kier molecular flexibility index (Phi) is 4.20. The average Bonchev–Trinajstić information content (AvgIpc) is 2.41. The quantitative estimate of drug-likeness (QED) is 0.799. The molecular weight excluding hydrogens is 269 g/mol. The number of hydrogen-bond acceptors (Lipinski definition) is 2. The van der Waals surface area contributed by atoms with Gasteiger partial charge in [0.25, 0.3) is 0 Å². The third kappa shape index (κ3) is 2.78. The van der Waals surface area contributed by atoms with Gasteiger partial charge < -0.3 is 4.90 Å². The lowest BCUT2D eigenvalue weighted by Crippen LogP contribution is -2.44. The third-order valence-corrected chi connectivity index (χ3v) is 3.61. The summed E-state index contributed by atoms with van der Waals surface area (Å²) >= 11 is 5.84. The van der Waals surface area contributed by atoms with E-state index in [1.165, 1.54) is 23.1 Å². The van der Waals surface area contributed by atoms with Gasteiger partial charge in [0.1, 0.15) is 11.6 Å². The lowest BCUT2D eigenvalue weighted by atomic mass is 9.91. The summed E-state index contributed by atoms with van der Waals surface area (Å²) in [5, 5.41) is 0.369. The summed E-state index contributed by atoms with van der Waals surface area (Å²) in [6, 6.07) is 4.09. The summed E-state index contributed by atoms with van der Waals surface area (Å²) in [6.07, 6.45) is 1.56. The van der Waals surface area contributed by atoms with E-state index >= 15 is 0 Å². The first kappa shape index (κ1) is 14.0. The first-order valence-corrected chi connectivity index (χ1v) is 6.71. The molecule has 5 heteroatoms. The number of benzene rings is 1. The van der Waals surface area contributed by atoms with Gasteiger partial charge in [-0.25, -0.2) is 4.39 Å². The zero-order valence-electron chi connectivity index (χ0n) is 10.7. The Morgan fingerprint density at radius 3 is 2.95 bits per heavy atom. The van der Waals surface area contributed by atoms with Crippen molar-refractivity contribution in [3.63, 3.8) is 0 Å². The molecule has 1 atom stereocenters. The fourth-order valence-corrected chi connectivity index (χ4v) is 2.52. The Hall–Kier alpha value is -1.42. The maximum Gasteiger partial charge on any atom is 0.237 e. The SMILES string of the molecule is CCC(=O)[C@@H]1CCCN(c2cc(Cl)ccc2F)C1=O. The van der Waals surface area contributed by atoms with E-state index in [1.807, 2.05) is 0 Å². The van der Waals surface area contributed by atoms with Crippen LogP contribution in [0, 0.1) is 11.7 Å². The highest BCUT2D eigenvalue weighted by Gasteiger charge is 2.34. The Labute approximate surface area is 116 Å². The van der Waals surface area contributed by atoms with E-state index in [4.69, 9.17) is 11.6 Å². The molecule has 0 spiro atoms. The number of rotatable bonds is 3. The smallest absolute Gasteiger partial charge is 0.237 e. The first-order chi connectivity index (χ1) is 9.04. The van der Waals surface area contributed by atoms with Crippen molar-refractivity contribution in [2.24, 2.45) is 5.92 Å². The zero-order chi connectivity index (χ0) is 14.0. The van der Waals surface area contributed by atoms with Gasteiger partial charge in [0.2, 0.25) is 5.91 Å². The summed E-state index contributed by atoms with van der Waals surface area (Å²) in [5.41, 5.74) is 0.158. The van der Waals surface area contributed by atoms with E-state index in [0.717, 1.165) is 0 Å². The molecule has 0 radical (unpaired) electrons. The number of ketones is 1. The van der Waals surface area contributed by atoms with Crippen molar-refractivity contribution in [1.82, 2.24) is 0 Å². The number of Topliss-reactive ketones (excluding diaryl/α,β-unsaturated/α-hetero) is 1. The molecule has 1 aliphatic heterocycles. The predicted molar refractivity (Wildman–Crippen MR) is 71.8 cm³/mol. The molecule has 0 N–H and O–H groups in total. The van der Waals surface area contributed by atoms with Gasteiger partial charge in [-0.2, -0.15) is 0 Å². The Morgan fingerprint density at radius 1 is 1.53 bits per heavy atom. The van der Waals surface area contributed by atoms with Crippen LogP contribution in [-0.4, -0.2) is 18.2 Å². The van der Waals surface area contributed by atoms with Crippen LogP contribution in [0.5, 0.6) is 0 Å². The molecule has 0 aromatic heterocycles. The summed E-state index contributed by atoms with van der Waals surface area (Å²) in [5.74, 6) is -1.55. The van der Waals surface area contributed by atoms with Crippen molar-refractivity contribution in [2.75, 3.05) is 11.4 Å². The van der Waals surface area contributed by atoms with Crippen LogP contribution in [0.2, 0.25) is 5.02 Å². The van der Waals surface area contributed by atoms with Gasteiger partial charge in [-0.1, -0.05) is 18.5 Å². The Balaban J connectivity index is 2.31. The Morgan fingerprint density at radius 2 is 2.26 bits per heavy atom. The first-order valence-electron chi connectivity index (χ1n) is 6.33. The van der Waals surface area contributed by atoms with Crippen LogP contribution in [0.25, 0.3) is 0 Å². The second-order valence-corrected chi connectivity index (χ2v) is 5.04. The fourth-order valence-electron chi connectivity index (χ4n) is 2.35. The fraction of sp³-hybridized carbons (Fsp3) is 0.429. The van der Waals surface area contributed by atoms with Crippen molar-refractivity contribution in [3.8, 4) is 0 Å². The molecule has 1 aromatic carbocycles. The number of nitrogens with zero attached hydrogens (tertiary/aromatic N) is 1. The minimum atomic E-state index is -0.642. The van der Waals surface area contributed by atoms with Crippen LogP contribution in [0.1, 0.15) is 26.2 Å². The molecule has 0 bridgehead atoms. The van der Waals surface area contributed by atoms with Crippen LogP contribution >= 0.6 is 11.6 Å². The van der Waals surface area contributed by atoms with Gasteiger partial charge in [0.15, 0.2) is 0 Å². The third-order valence-electron chi connectivity index (χ3n) is 3.37. The van der Waals surface area contributed by atoms with E-state index < -0.39 is 11.7 Å². The minimum Gasteiger partial charge on any atom is -0.309 e. The van der Waals surface area contributed by atoms with Crippen LogP contribution in [0.15, 0.2) is 18.2 Å². The molecule has 1 heterocycles. The van der Waals surface area contributed by atoms with Crippen LogP contribution < -0.4 is 4.90 Å². The molecule has 3 nitrogen and oxygen atoms in total. The topological polar surface area (TPSA) is 37.4 Å². The second kappa shape index (κ2) is 5.70. The van der Waals surface area contributed by atoms with Crippen molar-refractivity contribution in [3.05, 3.63) is 29.0 Å². The minimum absolute atomic E-state index is 0.0860. The lowest BCUT2D eigenvalue weighted by Gasteiger charge is -2.31. The van der Waals surface area contributed by atoms with E-state index in [9.17, 15) is 14.0 Å². The summed E-state index contributed by atoms with van der Waals surface area (Å²) in [4.78, 5) is 25.4. The number of hydrogen-bond donors (Lipinski definition) is 0. The van der Waals surface area contributed by atoms with Gasteiger partial charge in [-0.15, -0.1) is 0 Å².